The van der Waals surface area contributed by atoms with Crippen LogP contribution in [0.25, 0.3) is 0 Å². The van der Waals surface area contributed by atoms with Gasteiger partial charge >= 0.3 is 0 Å². The van der Waals surface area contributed by atoms with Crippen LogP contribution >= 0.6 is 0 Å². The summed E-state index contributed by atoms with van der Waals surface area (Å²) in [6.45, 7) is 0. The first-order chi connectivity index (χ1) is 10.7. The monoisotopic (exact) mass is 300 g/mol. The van der Waals surface area contributed by atoms with Crippen LogP contribution < -0.4 is 4.74 Å². The number of ether oxygens (including phenoxy) is 3. The van der Waals surface area contributed by atoms with Gasteiger partial charge in [-0.2, -0.15) is 0 Å². The molecule has 1 aliphatic rings. The number of allylic oxidation sites excluding steroid dienone is 3. The Morgan fingerprint density at radius 1 is 1.18 bits per heavy atom. The Bertz CT molecular complexity index is 626. The first-order valence-electron chi connectivity index (χ1n) is 7.03. The predicted molar refractivity (Wildman–Crippen MR) is 84.8 cm³/mol. The lowest BCUT2D eigenvalue weighted by molar-refractivity contribution is 0.104. The van der Waals surface area contributed by atoms with Crippen molar-refractivity contribution < 1.29 is 19.0 Å². The fraction of sp³-hybridized carbons (Fsp3) is 0.278. The van der Waals surface area contributed by atoms with E-state index in [1.165, 1.54) is 0 Å². The van der Waals surface area contributed by atoms with Gasteiger partial charge in [-0.15, -0.1) is 0 Å². The number of carbonyl (C=O) groups is 1. The number of rotatable bonds is 6. The Morgan fingerprint density at radius 2 is 2.00 bits per heavy atom. The van der Waals surface area contributed by atoms with E-state index in [1.54, 1.807) is 51.7 Å². The zero-order valence-electron chi connectivity index (χ0n) is 13.0. The van der Waals surface area contributed by atoms with Gasteiger partial charge in [-0.1, -0.05) is 18.2 Å². The van der Waals surface area contributed by atoms with Gasteiger partial charge in [-0.05, 0) is 30.4 Å². The summed E-state index contributed by atoms with van der Waals surface area (Å²) in [4.78, 5) is 12.2. The SMILES string of the molecule is COC1=CC(/C=C/C(=O)c2cccc(OC)c2)C(OC)=CC1. The van der Waals surface area contributed by atoms with E-state index in [0.717, 1.165) is 11.5 Å². The Labute approximate surface area is 130 Å². The van der Waals surface area contributed by atoms with E-state index in [1.807, 2.05) is 18.2 Å². The molecule has 0 radical (unpaired) electrons. The summed E-state index contributed by atoms with van der Waals surface area (Å²) in [5.74, 6) is 2.17. The van der Waals surface area contributed by atoms with Crippen molar-refractivity contribution in [1.82, 2.24) is 0 Å². The maximum absolute atomic E-state index is 12.2. The highest BCUT2D eigenvalue weighted by molar-refractivity contribution is 6.04. The molecule has 1 aliphatic carbocycles. The van der Waals surface area contributed by atoms with Crippen LogP contribution in [0.2, 0.25) is 0 Å². The molecule has 0 saturated heterocycles. The number of hydrogen-bond acceptors (Lipinski definition) is 4. The van der Waals surface area contributed by atoms with E-state index >= 15 is 0 Å². The number of ketones is 1. The summed E-state index contributed by atoms with van der Waals surface area (Å²) in [5, 5.41) is 0. The Hall–Kier alpha value is -2.49. The second kappa shape index (κ2) is 7.50. The summed E-state index contributed by atoms with van der Waals surface area (Å²) < 4.78 is 15.7. The summed E-state index contributed by atoms with van der Waals surface area (Å²) >= 11 is 0. The zero-order valence-corrected chi connectivity index (χ0v) is 13.0. The summed E-state index contributed by atoms with van der Waals surface area (Å²) in [5.41, 5.74) is 0.588. The summed E-state index contributed by atoms with van der Waals surface area (Å²) in [6, 6.07) is 7.08. The second-order valence-electron chi connectivity index (χ2n) is 4.83. The van der Waals surface area contributed by atoms with Gasteiger partial charge in [0.1, 0.15) is 11.5 Å². The highest BCUT2D eigenvalue weighted by Gasteiger charge is 2.16. The molecule has 0 heterocycles. The molecule has 4 nitrogen and oxygen atoms in total. The first kappa shape index (κ1) is 15.9. The lowest BCUT2D eigenvalue weighted by Gasteiger charge is -2.18. The van der Waals surface area contributed by atoms with Gasteiger partial charge in [0.25, 0.3) is 0 Å². The van der Waals surface area contributed by atoms with E-state index in [4.69, 9.17) is 14.2 Å². The van der Waals surface area contributed by atoms with E-state index in [9.17, 15) is 4.79 Å². The van der Waals surface area contributed by atoms with Crippen molar-refractivity contribution in [2.24, 2.45) is 5.92 Å². The number of hydrogen-bond donors (Lipinski definition) is 0. The van der Waals surface area contributed by atoms with E-state index in [-0.39, 0.29) is 11.7 Å². The van der Waals surface area contributed by atoms with Crippen molar-refractivity contribution in [3.8, 4) is 5.75 Å². The number of benzene rings is 1. The molecule has 0 N–H and O–H groups in total. The Balaban J connectivity index is 2.15. The van der Waals surface area contributed by atoms with Crippen LogP contribution in [0.3, 0.4) is 0 Å². The Morgan fingerprint density at radius 3 is 2.68 bits per heavy atom. The average Bonchev–Trinajstić information content (AvgIpc) is 2.59. The minimum atomic E-state index is -0.0942. The van der Waals surface area contributed by atoms with Crippen LogP contribution in [-0.4, -0.2) is 27.1 Å². The van der Waals surface area contributed by atoms with Crippen molar-refractivity contribution in [2.75, 3.05) is 21.3 Å². The maximum Gasteiger partial charge on any atom is 0.185 e. The molecule has 0 saturated carbocycles. The van der Waals surface area contributed by atoms with Crippen molar-refractivity contribution in [1.29, 1.82) is 0 Å². The van der Waals surface area contributed by atoms with Gasteiger partial charge in [-0.3, -0.25) is 4.79 Å². The zero-order chi connectivity index (χ0) is 15.9. The van der Waals surface area contributed by atoms with Gasteiger partial charge in [0.05, 0.1) is 33.0 Å². The molecule has 1 atom stereocenters. The van der Waals surface area contributed by atoms with Gasteiger partial charge in [0.2, 0.25) is 0 Å². The van der Waals surface area contributed by atoms with Crippen molar-refractivity contribution in [3.63, 3.8) is 0 Å². The highest BCUT2D eigenvalue weighted by Crippen LogP contribution is 2.25. The van der Waals surface area contributed by atoms with Crippen LogP contribution in [0.15, 0.2) is 60.1 Å². The van der Waals surface area contributed by atoms with Crippen molar-refractivity contribution in [2.45, 2.75) is 6.42 Å². The third-order valence-electron chi connectivity index (χ3n) is 3.51. The normalized spacial score (nSPS) is 17.7. The van der Waals surface area contributed by atoms with Crippen LogP contribution in [0.4, 0.5) is 0 Å². The molecule has 1 aromatic rings. The predicted octanol–water partition coefficient (Wildman–Crippen LogP) is 3.51. The molecule has 22 heavy (non-hydrogen) atoms. The smallest absolute Gasteiger partial charge is 0.185 e. The number of carbonyl (C=O) groups excluding carboxylic acids is 1. The lowest BCUT2D eigenvalue weighted by atomic mass is 9.98. The maximum atomic E-state index is 12.2. The molecular formula is C18H20O4. The number of methoxy groups -OCH3 is 3. The molecule has 0 aliphatic heterocycles. The van der Waals surface area contributed by atoms with E-state index < -0.39 is 0 Å². The van der Waals surface area contributed by atoms with Crippen molar-refractivity contribution >= 4 is 5.78 Å². The van der Waals surface area contributed by atoms with Crippen LogP contribution in [-0.2, 0) is 9.47 Å². The lowest BCUT2D eigenvalue weighted by Crippen LogP contribution is -2.08. The molecule has 0 amide bonds. The molecule has 116 valence electrons. The fourth-order valence-corrected chi connectivity index (χ4v) is 2.27. The average molecular weight is 300 g/mol. The third-order valence-corrected chi connectivity index (χ3v) is 3.51. The quantitative estimate of drug-likeness (QED) is 0.595. The molecule has 0 spiro atoms. The van der Waals surface area contributed by atoms with Crippen LogP contribution in [0.5, 0.6) is 5.75 Å². The minimum Gasteiger partial charge on any atom is -0.501 e. The molecular weight excluding hydrogens is 280 g/mol. The molecule has 2 rings (SSSR count). The molecule has 1 aromatic carbocycles. The van der Waals surface area contributed by atoms with E-state index in [2.05, 4.69) is 0 Å². The molecule has 0 bridgehead atoms. The standard InChI is InChI=1S/C18H20O4/c1-20-15-6-4-5-13(11-15)17(19)9-7-14-12-16(21-2)8-10-18(14)22-3/h4-7,9-12,14H,8H2,1-3H3/b9-7+. The van der Waals surface area contributed by atoms with E-state index in [0.29, 0.717) is 17.7 Å². The van der Waals surface area contributed by atoms with Gasteiger partial charge in [0.15, 0.2) is 5.78 Å². The second-order valence-corrected chi connectivity index (χ2v) is 4.83. The topological polar surface area (TPSA) is 44.8 Å². The van der Waals surface area contributed by atoms with Crippen LogP contribution in [0.1, 0.15) is 16.8 Å². The van der Waals surface area contributed by atoms with Gasteiger partial charge in [-0.25, -0.2) is 0 Å². The third kappa shape index (κ3) is 3.79. The molecule has 0 aromatic heterocycles. The Kier molecular flexibility index (Phi) is 5.42. The highest BCUT2D eigenvalue weighted by atomic mass is 16.5. The van der Waals surface area contributed by atoms with Crippen molar-refractivity contribution in [3.05, 3.63) is 65.7 Å². The largest absolute Gasteiger partial charge is 0.501 e. The molecule has 0 fully saturated rings. The van der Waals surface area contributed by atoms with Gasteiger partial charge < -0.3 is 14.2 Å². The summed E-state index contributed by atoms with van der Waals surface area (Å²) in [6.07, 6.45) is 7.99. The molecule has 1 unspecified atom stereocenters. The van der Waals surface area contributed by atoms with Gasteiger partial charge in [0, 0.05) is 12.0 Å². The minimum absolute atomic E-state index is 0.0766. The summed E-state index contributed by atoms with van der Waals surface area (Å²) in [7, 11) is 4.84. The first-order valence-corrected chi connectivity index (χ1v) is 7.03. The molecule has 4 heteroatoms. The van der Waals surface area contributed by atoms with Crippen LogP contribution in [0, 0.1) is 5.92 Å². The fourth-order valence-electron chi connectivity index (χ4n) is 2.27.